The van der Waals surface area contributed by atoms with Crippen molar-refractivity contribution in [3.8, 4) is 5.75 Å². The van der Waals surface area contributed by atoms with Crippen LogP contribution in [-0.2, 0) is 6.61 Å². The summed E-state index contributed by atoms with van der Waals surface area (Å²) in [5.41, 5.74) is 0.290. The van der Waals surface area contributed by atoms with Crippen LogP contribution in [0.1, 0.15) is 37.7 Å². The van der Waals surface area contributed by atoms with Gasteiger partial charge in [-0.15, -0.1) is 0 Å². The van der Waals surface area contributed by atoms with E-state index in [2.05, 4.69) is 0 Å². The second kappa shape index (κ2) is 6.67. The van der Waals surface area contributed by atoms with E-state index in [0.29, 0.717) is 18.4 Å². The molecule has 6 heteroatoms. The van der Waals surface area contributed by atoms with Crippen LogP contribution in [0.15, 0.2) is 18.2 Å². The van der Waals surface area contributed by atoms with Crippen LogP contribution < -0.4 is 4.74 Å². The largest absolute Gasteiger partial charge is 0.481 e. The Balaban J connectivity index is 2.21. The number of nitro groups is 1. The van der Waals surface area contributed by atoms with E-state index in [0.717, 1.165) is 19.3 Å². The van der Waals surface area contributed by atoms with E-state index in [-0.39, 0.29) is 18.0 Å². The highest BCUT2D eigenvalue weighted by molar-refractivity contribution is 5.48. The summed E-state index contributed by atoms with van der Waals surface area (Å²) >= 11 is 0. The number of aliphatic hydroxyl groups is 2. The van der Waals surface area contributed by atoms with Crippen molar-refractivity contribution in [2.24, 2.45) is 0 Å². The molecule has 1 saturated carbocycles. The molecule has 20 heavy (non-hydrogen) atoms. The third-order valence-corrected chi connectivity index (χ3v) is 3.60. The molecule has 2 rings (SSSR count). The van der Waals surface area contributed by atoms with E-state index >= 15 is 0 Å². The van der Waals surface area contributed by atoms with E-state index < -0.39 is 17.1 Å². The number of hydrogen-bond acceptors (Lipinski definition) is 5. The Morgan fingerprint density at radius 2 is 2.05 bits per heavy atom. The SMILES string of the molecule is O=[N+]([O-])c1cc(CO)ccc1OC1CCCCCC1O. The zero-order valence-electron chi connectivity index (χ0n) is 11.2. The van der Waals surface area contributed by atoms with Gasteiger partial charge in [-0.05, 0) is 30.9 Å². The molecule has 1 fully saturated rings. The number of nitrogens with zero attached hydrogens (tertiary/aromatic N) is 1. The highest BCUT2D eigenvalue weighted by atomic mass is 16.6. The van der Waals surface area contributed by atoms with Gasteiger partial charge < -0.3 is 14.9 Å². The van der Waals surface area contributed by atoms with Crippen LogP contribution in [0.5, 0.6) is 5.75 Å². The molecule has 0 aromatic heterocycles. The Morgan fingerprint density at radius 3 is 2.75 bits per heavy atom. The second-order valence-electron chi connectivity index (χ2n) is 5.08. The average molecular weight is 281 g/mol. The van der Waals surface area contributed by atoms with Crippen molar-refractivity contribution in [2.45, 2.75) is 50.9 Å². The number of aliphatic hydroxyl groups excluding tert-OH is 2. The van der Waals surface area contributed by atoms with Gasteiger partial charge in [0.1, 0.15) is 6.10 Å². The summed E-state index contributed by atoms with van der Waals surface area (Å²) in [6.45, 7) is -0.257. The van der Waals surface area contributed by atoms with E-state index in [1.54, 1.807) is 6.07 Å². The van der Waals surface area contributed by atoms with Gasteiger partial charge in [-0.25, -0.2) is 0 Å². The van der Waals surface area contributed by atoms with Crippen molar-refractivity contribution in [1.29, 1.82) is 0 Å². The first-order valence-electron chi connectivity index (χ1n) is 6.84. The molecule has 0 heterocycles. The van der Waals surface area contributed by atoms with Crippen LogP contribution in [0.4, 0.5) is 5.69 Å². The Kier molecular flexibility index (Phi) is 4.92. The van der Waals surface area contributed by atoms with Crippen molar-refractivity contribution in [1.82, 2.24) is 0 Å². The number of rotatable bonds is 4. The maximum atomic E-state index is 11.1. The normalized spacial score (nSPS) is 23.1. The van der Waals surface area contributed by atoms with Crippen LogP contribution in [0.25, 0.3) is 0 Å². The number of benzene rings is 1. The molecule has 0 radical (unpaired) electrons. The monoisotopic (exact) mass is 281 g/mol. The summed E-state index contributed by atoms with van der Waals surface area (Å²) in [6, 6.07) is 4.38. The quantitative estimate of drug-likeness (QED) is 0.501. The van der Waals surface area contributed by atoms with Gasteiger partial charge in [-0.2, -0.15) is 0 Å². The molecule has 6 nitrogen and oxygen atoms in total. The summed E-state index contributed by atoms with van der Waals surface area (Å²) in [5, 5.41) is 30.1. The lowest BCUT2D eigenvalue weighted by atomic mass is 10.1. The topological polar surface area (TPSA) is 92.8 Å². The third kappa shape index (κ3) is 3.46. The minimum absolute atomic E-state index is 0.151. The minimum atomic E-state index is -0.588. The third-order valence-electron chi connectivity index (χ3n) is 3.60. The van der Waals surface area contributed by atoms with Gasteiger partial charge in [-0.3, -0.25) is 10.1 Å². The fraction of sp³-hybridized carbons (Fsp3) is 0.571. The highest BCUT2D eigenvalue weighted by Crippen LogP contribution is 2.31. The van der Waals surface area contributed by atoms with Crippen LogP contribution in [-0.4, -0.2) is 27.3 Å². The molecule has 0 bridgehead atoms. The van der Waals surface area contributed by atoms with Gasteiger partial charge in [0.15, 0.2) is 5.75 Å². The van der Waals surface area contributed by atoms with Crippen molar-refractivity contribution >= 4 is 5.69 Å². The van der Waals surface area contributed by atoms with Crippen LogP contribution >= 0.6 is 0 Å². The van der Waals surface area contributed by atoms with Crippen molar-refractivity contribution < 1.29 is 19.9 Å². The van der Waals surface area contributed by atoms with Gasteiger partial charge in [0.2, 0.25) is 0 Å². The maximum Gasteiger partial charge on any atom is 0.311 e. The minimum Gasteiger partial charge on any atom is -0.481 e. The molecule has 1 aliphatic rings. The molecule has 0 aliphatic heterocycles. The zero-order chi connectivity index (χ0) is 14.5. The Morgan fingerprint density at radius 1 is 1.30 bits per heavy atom. The van der Waals surface area contributed by atoms with Gasteiger partial charge in [-0.1, -0.05) is 18.9 Å². The Bertz CT molecular complexity index is 477. The molecule has 1 aliphatic carbocycles. The van der Waals surface area contributed by atoms with E-state index in [1.165, 1.54) is 12.1 Å². The van der Waals surface area contributed by atoms with Crippen LogP contribution in [0.3, 0.4) is 0 Å². The highest BCUT2D eigenvalue weighted by Gasteiger charge is 2.26. The lowest BCUT2D eigenvalue weighted by molar-refractivity contribution is -0.386. The van der Waals surface area contributed by atoms with Crippen molar-refractivity contribution in [2.75, 3.05) is 0 Å². The van der Waals surface area contributed by atoms with Crippen LogP contribution in [0.2, 0.25) is 0 Å². The summed E-state index contributed by atoms with van der Waals surface area (Å²) < 4.78 is 5.67. The number of hydrogen-bond donors (Lipinski definition) is 2. The summed E-state index contributed by atoms with van der Waals surface area (Å²) in [5.74, 6) is 0.151. The molecular weight excluding hydrogens is 262 g/mol. The summed E-state index contributed by atoms with van der Waals surface area (Å²) in [6.07, 6.45) is 3.30. The maximum absolute atomic E-state index is 11.1. The molecular formula is C14H19NO5. The fourth-order valence-corrected chi connectivity index (χ4v) is 2.46. The lowest BCUT2D eigenvalue weighted by Crippen LogP contribution is -2.30. The second-order valence-corrected chi connectivity index (χ2v) is 5.08. The molecule has 2 atom stereocenters. The Hall–Kier alpha value is -1.66. The molecule has 2 unspecified atom stereocenters. The predicted molar refractivity (Wildman–Crippen MR) is 72.5 cm³/mol. The molecule has 0 amide bonds. The first-order valence-corrected chi connectivity index (χ1v) is 6.84. The van der Waals surface area contributed by atoms with Gasteiger partial charge in [0, 0.05) is 6.07 Å². The lowest BCUT2D eigenvalue weighted by Gasteiger charge is -2.21. The Labute approximate surface area is 117 Å². The predicted octanol–water partition coefficient (Wildman–Crippen LogP) is 2.16. The van der Waals surface area contributed by atoms with E-state index in [9.17, 15) is 15.2 Å². The van der Waals surface area contributed by atoms with E-state index in [1.807, 2.05) is 0 Å². The van der Waals surface area contributed by atoms with Crippen LogP contribution in [0, 0.1) is 10.1 Å². The molecule has 1 aromatic carbocycles. The average Bonchev–Trinajstić information content (AvgIpc) is 2.64. The van der Waals surface area contributed by atoms with Gasteiger partial charge in [0.05, 0.1) is 17.6 Å². The number of ether oxygens (including phenoxy) is 1. The summed E-state index contributed by atoms with van der Waals surface area (Å²) in [7, 11) is 0. The van der Waals surface area contributed by atoms with Gasteiger partial charge >= 0.3 is 5.69 Å². The van der Waals surface area contributed by atoms with Crippen molar-refractivity contribution in [3.63, 3.8) is 0 Å². The molecule has 2 N–H and O–H groups in total. The van der Waals surface area contributed by atoms with Crippen molar-refractivity contribution in [3.05, 3.63) is 33.9 Å². The van der Waals surface area contributed by atoms with E-state index in [4.69, 9.17) is 9.84 Å². The first-order chi connectivity index (χ1) is 9.61. The standard InChI is InChI=1S/C14H19NO5/c16-9-10-6-7-13(11(8-10)15(18)19)20-14-5-3-1-2-4-12(14)17/h6-8,12,14,16-17H,1-5,9H2. The summed E-state index contributed by atoms with van der Waals surface area (Å²) in [4.78, 5) is 10.5. The molecule has 1 aromatic rings. The molecule has 0 spiro atoms. The first kappa shape index (κ1) is 14.7. The fourth-order valence-electron chi connectivity index (χ4n) is 2.46. The van der Waals surface area contributed by atoms with Gasteiger partial charge in [0.25, 0.3) is 0 Å². The number of nitro benzene ring substituents is 1. The zero-order valence-corrected chi connectivity index (χ0v) is 11.2. The smallest absolute Gasteiger partial charge is 0.311 e. The molecule has 0 saturated heterocycles. The molecule has 110 valence electrons.